The Bertz CT molecular complexity index is 1000. The summed E-state index contributed by atoms with van der Waals surface area (Å²) in [4.78, 5) is 25.5. The van der Waals surface area contributed by atoms with E-state index in [4.69, 9.17) is 14.2 Å². The molecule has 3 heterocycles. The number of carbonyl (C=O) groups excluding carboxylic acids is 2. The van der Waals surface area contributed by atoms with Gasteiger partial charge in [-0.05, 0) is 18.2 Å². The molecule has 0 aromatic heterocycles. The lowest BCUT2D eigenvalue weighted by molar-refractivity contribution is -0.138. The zero-order valence-electron chi connectivity index (χ0n) is 15.0. The standard InChI is InChI=1S/C20H18N2O5/c1-11(23)21-13-4-3-5-14-19(13)20(9-22(14)2)10-26-15-7-16-17(6-12(15)20)27-18(24)8-25-16/h3-7H,8-10H2,1-2H3,(H,21,23). The third-order valence-electron chi connectivity index (χ3n) is 5.35. The first-order valence-electron chi connectivity index (χ1n) is 8.75. The van der Waals surface area contributed by atoms with E-state index >= 15 is 0 Å². The Morgan fingerprint density at radius 1 is 1.19 bits per heavy atom. The minimum absolute atomic E-state index is 0.102. The molecular weight excluding hydrogens is 348 g/mol. The number of amides is 1. The molecular formula is C20H18N2O5. The second kappa shape index (κ2) is 5.39. The Kier molecular flexibility index (Phi) is 3.19. The number of nitrogens with zero attached hydrogens (tertiary/aromatic N) is 1. The van der Waals surface area contributed by atoms with Crippen molar-refractivity contribution < 1.29 is 23.8 Å². The Balaban J connectivity index is 1.71. The van der Waals surface area contributed by atoms with E-state index in [1.54, 1.807) is 6.07 Å². The summed E-state index contributed by atoms with van der Waals surface area (Å²) in [5.41, 5.74) is 3.31. The van der Waals surface area contributed by atoms with E-state index in [-0.39, 0.29) is 12.5 Å². The minimum Gasteiger partial charge on any atom is -0.492 e. The first kappa shape index (κ1) is 16.0. The Morgan fingerprint density at radius 3 is 2.85 bits per heavy atom. The molecule has 0 radical (unpaired) electrons. The smallest absolute Gasteiger partial charge is 0.349 e. The van der Waals surface area contributed by atoms with Crippen LogP contribution in [0.25, 0.3) is 0 Å². The molecule has 27 heavy (non-hydrogen) atoms. The largest absolute Gasteiger partial charge is 0.492 e. The number of likely N-dealkylation sites (N-methyl/N-ethyl adjacent to an activating group) is 1. The quantitative estimate of drug-likeness (QED) is 0.615. The summed E-state index contributed by atoms with van der Waals surface area (Å²) in [5.74, 6) is 1.08. The second-order valence-corrected chi connectivity index (χ2v) is 7.17. The average Bonchev–Trinajstić information content (AvgIpc) is 3.12. The van der Waals surface area contributed by atoms with E-state index in [1.807, 2.05) is 31.3 Å². The summed E-state index contributed by atoms with van der Waals surface area (Å²) in [5, 5.41) is 2.95. The van der Waals surface area contributed by atoms with Crippen LogP contribution in [0.5, 0.6) is 17.2 Å². The van der Waals surface area contributed by atoms with Gasteiger partial charge in [0.1, 0.15) is 12.4 Å². The molecule has 3 aliphatic heterocycles. The summed E-state index contributed by atoms with van der Waals surface area (Å²) < 4.78 is 16.9. The van der Waals surface area contributed by atoms with E-state index in [1.165, 1.54) is 6.92 Å². The molecule has 0 aliphatic carbocycles. The average molecular weight is 366 g/mol. The molecule has 5 rings (SSSR count). The van der Waals surface area contributed by atoms with Crippen molar-refractivity contribution in [2.75, 3.05) is 37.0 Å². The molecule has 1 amide bonds. The predicted octanol–water partition coefficient (Wildman–Crippen LogP) is 2.07. The lowest BCUT2D eigenvalue weighted by atomic mass is 9.76. The van der Waals surface area contributed by atoms with Gasteiger partial charge in [0.25, 0.3) is 0 Å². The molecule has 7 nitrogen and oxygen atoms in total. The molecule has 1 N–H and O–H groups in total. The van der Waals surface area contributed by atoms with Gasteiger partial charge in [0.2, 0.25) is 5.91 Å². The van der Waals surface area contributed by atoms with E-state index in [0.29, 0.717) is 30.4 Å². The second-order valence-electron chi connectivity index (χ2n) is 7.17. The van der Waals surface area contributed by atoms with Crippen molar-refractivity contribution in [1.29, 1.82) is 0 Å². The Hall–Kier alpha value is -3.22. The Labute approximate surface area is 155 Å². The molecule has 1 atom stereocenters. The van der Waals surface area contributed by atoms with Gasteiger partial charge in [-0.2, -0.15) is 0 Å². The van der Waals surface area contributed by atoms with Gasteiger partial charge in [-0.3, -0.25) is 4.79 Å². The number of rotatable bonds is 1. The lowest BCUT2D eigenvalue weighted by Crippen LogP contribution is -2.35. The highest BCUT2D eigenvalue weighted by molar-refractivity contribution is 5.92. The van der Waals surface area contributed by atoms with Crippen LogP contribution in [0.2, 0.25) is 0 Å². The molecule has 1 unspecified atom stereocenters. The fourth-order valence-corrected chi connectivity index (χ4v) is 4.36. The monoisotopic (exact) mass is 366 g/mol. The van der Waals surface area contributed by atoms with Crippen molar-refractivity contribution >= 4 is 23.3 Å². The third kappa shape index (κ3) is 2.21. The van der Waals surface area contributed by atoms with Gasteiger partial charge in [0, 0.05) is 49.1 Å². The molecule has 3 aliphatic rings. The number of nitrogens with one attached hydrogen (secondary N) is 1. The van der Waals surface area contributed by atoms with Crippen molar-refractivity contribution in [2.24, 2.45) is 0 Å². The van der Waals surface area contributed by atoms with Crippen molar-refractivity contribution in [3.63, 3.8) is 0 Å². The number of carbonyl (C=O) groups is 2. The highest BCUT2D eigenvalue weighted by atomic mass is 16.6. The van der Waals surface area contributed by atoms with Gasteiger partial charge in [-0.25, -0.2) is 4.79 Å². The molecule has 0 saturated heterocycles. The van der Waals surface area contributed by atoms with Gasteiger partial charge in [-0.15, -0.1) is 0 Å². The summed E-state index contributed by atoms with van der Waals surface area (Å²) in [6.45, 7) is 2.53. The van der Waals surface area contributed by atoms with Crippen LogP contribution in [-0.2, 0) is 15.0 Å². The number of ether oxygens (including phenoxy) is 3. The fourth-order valence-electron chi connectivity index (χ4n) is 4.36. The van der Waals surface area contributed by atoms with Crippen LogP contribution in [0, 0.1) is 0 Å². The number of hydrogen-bond donors (Lipinski definition) is 1. The SMILES string of the molecule is CC(=O)Nc1cccc2c1C1(COc3cc4c(cc31)OC(=O)CO4)CN2C. The fraction of sp³-hybridized carbons (Fsp3) is 0.300. The van der Waals surface area contributed by atoms with Crippen LogP contribution in [0.4, 0.5) is 11.4 Å². The topological polar surface area (TPSA) is 77.1 Å². The third-order valence-corrected chi connectivity index (χ3v) is 5.35. The number of benzene rings is 2. The molecule has 2 aromatic carbocycles. The van der Waals surface area contributed by atoms with Gasteiger partial charge in [0.05, 0.1) is 5.41 Å². The molecule has 0 bridgehead atoms. The van der Waals surface area contributed by atoms with Crippen LogP contribution in [0.3, 0.4) is 0 Å². The van der Waals surface area contributed by atoms with Crippen molar-refractivity contribution in [3.8, 4) is 17.2 Å². The summed E-state index contributed by atoms with van der Waals surface area (Å²) in [6, 6.07) is 9.49. The van der Waals surface area contributed by atoms with Crippen LogP contribution in [0.15, 0.2) is 30.3 Å². The maximum atomic E-state index is 11.7. The summed E-state index contributed by atoms with van der Waals surface area (Å²) >= 11 is 0. The van der Waals surface area contributed by atoms with Crippen LogP contribution >= 0.6 is 0 Å². The number of fused-ring (bicyclic) bond motifs is 5. The number of anilines is 2. The molecule has 2 aromatic rings. The molecule has 1 spiro atoms. The van der Waals surface area contributed by atoms with Crippen molar-refractivity contribution in [1.82, 2.24) is 0 Å². The van der Waals surface area contributed by atoms with E-state index in [9.17, 15) is 9.59 Å². The molecule has 7 heteroatoms. The van der Waals surface area contributed by atoms with Crippen LogP contribution in [-0.4, -0.2) is 38.7 Å². The van der Waals surface area contributed by atoms with E-state index in [0.717, 1.165) is 22.5 Å². The number of hydrogen-bond acceptors (Lipinski definition) is 6. The highest BCUT2D eigenvalue weighted by Gasteiger charge is 2.51. The zero-order chi connectivity index (χ0) is 18.8. The maximum Gasteiger partial charge on any atom is 0.349 e. The summed E-state index contributed by atoms with van der Waals surface area (Å²) in [7, 11) is 2.02. The minimum atomic E-state index is -0.461. The van der Waals surface area contributed by atoms with E-state index in [2.05, 4.69) is 10.2 Å². The van der Waals surface area contributed by atoms with Crippen molar-refractivity contribution in [3.05, 3.63) is 41.5 Å². The van der Waals surface area contributed by atoms with Gasteiger partial charge in [0.15, 0.2) is 18.1 Å². The first-order chi connectivity index (χ1) is 13.0. The van der Waals surface area contributed by atoms with Crippen molar-refractivity contribution in [2.45, 2.75) is 12.3 Å². The molecule has 0 fully saturated rings. The Morgan fingerprint density at radius 2 is 2.04 bits per heavy atom. The normalized spacial score (nSPS) is 21.7. The highest BCUT2D eigenvalue weighted by Crippen LogP contribution is 2.55. The molecule has 138 valence electrons. The van der Waals surface area contributed by atoms with Gasteiger partial charge >= 0.3 is 5.97 Å². The predicted molar refractivity (Wildman–Crippen MR) is 97.9 cm³/mol. The first-order valence-corrected chi connectivity index (χ1v) is 8.75. The summed E-state index contributed by atoms with van der Waals surface area (Å²) in [6.07, 6.45) is 0. The van der Waals surface area contributed by atoms with Gasteiger partial charge < -0.3 is 24.4 Å². The zero-order valence-corrected chi connectivity index (χ0v) is 15.0. The molecule has 0 saturated carbocycles. The maximum absolute atomic E-state index is 11.7. The van der Waals surface area contributed by atoms with Gasteiger partial charge in [-0.1, -0.05) is 6.07 Å². The van der Waals surface area contributed by atoms with Crippen LogP contribution < -0.4 is 24.4 Å². The van der Waals surface area contributed by atoms with E-state index < -0.39 is 11.4 Å². The number of esters is 1. The lowest BCUT2D eigenvalue weighted by Gasteiger charge is -2.26. The van der Waals surface area contributed by atoms with Crippen LogP contribution in [0.1, 0.15) is 18.1 Å².